The number of carboxylic acids is 1. The number of phenolic OH excluding ortho intramolecular Hbond substituents is 1. The number of rotatable bonds is 5. The number of nitrogens with zero attached hydrogens (tertiary/aromatic N) is 2. The highest BCUT2D eigenvalue weighted by molar-refractivity contribution is 8.03. The first kappa shape index (κ1) is 22.0. The van der Waals surface area contributed by atoms with Gasteiger partial charge in [-0.15, -0.1) is 10.2 Å². The number of aliphatic carboxylic acids is 1. The highest BCUT2D eigenvalue weighted by atomic mass is 32.2. The summed E-state index contributed by atoms with van der Waals surface area (Å²) in [5, 5.41) is 28.4. The number of aromatic nitrogens is 2. The van der Waals surface area contributed by atoms with Crippen LogP contribution >= 0.6 is 11.8 Å². The monoisotopic (exact) mass is 404 g/mol. The van der Waals surface area contributed by atoms with Crippen LogP contribution in [0.1, 0.15) is 71.0 Å². The number of aryl methyl sites for hydroxylation is 1. The minimum absolute atomic E-state index is 0.0664. The highest BCUT2D eigenvalue weighted by Gasteiger charge is 2.26. The number of phenols is 1. The van der Waals surface area contributed by atoms with E-state index in [0.29, 0.717) is 17.9 Å². The summed E-state index contributed by atoms with van der Waals surface area (Å²) in [4.78, 5) is 11.9. The normalized spacial score (nSPS) is 13.0. The van der Waals surface area contributed by atoms with Crippen LogP contribution in [0.25, 0.3) is 6.08 Å². The Morgan fingerprint density at radius 3 is 2.04 bits per heavy atom. The zero-order valence-electron chi connectivity index (χ0n) is 17.5. The summed E-state index contributed by atoms with van der Waals surface area (Å²) in [7, 11) is 0. The molecule has 0 amide bonds. The van der Waals surface area contributed by atoms with Gasteiger partial charge < -0.3 is 14.6 Å². The third kappa shape index (κ3) is 5.16. The van der Waals surface area contributed by atoms with Gasteiger partial charge in [-0.05, 0) is 46.4 Å². The average Bonchev–Trinajstić information content (AvgIpc) is 3.01. The zero-order valence-corrected chi connectivity index (χ0v) is 18.3. The van der Waals surface area contributed by atoms with Crippen molar-refractivity contribution in [2.75, 3.05) is 0 Å². The molecule has 0 saturated carbocycles. The maximum absolute atomic E-state index is 11.8. The fourth-order valence-corrected chi connectivity index (χ4v) is 3.38. The number of carbonyl (C=O) groups is 1. The first-order chi connectivity index (χ1) is 12.8. The molecule has 1 aromatic carbocycles. The van der Waals surface area contributed by atoms with Crippen molar-refractivity contribution in [3.63, 3.8) is 0 Å². The van der Waals surface area contributed by atoms with Crippen molar-refractivity contribution in [3.05, 3.63) is 39.6 Å². The predicted octanol–water partition coefficient (Wildman–Crippen LogP) is 5.15. The maximum atomic E-state index is 11.8. The van der Waals surface area contributed by atoms with E-state index in [1.54, 1.807) is 6.08 Å². The highest BCUT2D eigenvalue weighted by Crippen LogP contribution is 2.40. The van der Waals surface area contributed by atoms with Gasteiger partial charge in [0, 0.05) is 17.5 Å². The quantitative estimate of drug-likeness (QED) is 0.525. The molecule has 2 aromatic rings. The van der Waals surface area contributed by atoms with E-state index in [2.05, 4.69) is 10.2 Å². The van der Waals surface area contributed by atoms with Crippen LogP contribution in [0.3, 0.4) is 0 Å². The number of carboxylic acid groups (broad SMARTS) is 1. The van der Waals surface area contributed by atoms with Crippen molar-refractivity contribution in [1.82, 2.24) is 10.2 Å². The summed E-state index contributed by atoms with van der Waals surface area (Å²) in [5.74, 6) is -0.364. The molecule has 0 aliphatic carbocycles. The summed E-state index contributed by atoms with van der Waals surface area (Å²) in [5.41, 5.74) is 1.65. The molecule has 0 fully saturated rings. The van der Waals surface area contributed by atoms with Gasteiger partial charge >= 0.3 is 5.97 Å². The van der Waals surface area contributed by atoms with Crippen molar-refractivity contribution in [2.24, 2.45) is 0 Å². The molecule has 0 bridgehead atoms. The van der Waals surface area contributed by atoms with Gasteiger partial charge in [-0.2, -0.15) is 0 Å². The van der Waals surface area contributed by atoms with Crippen molar-refractivity contribution >= 4 is 23.8 Å². The van der Waals surface area contributed by atoms with Gasteiger partial charge in [0.05, 0.1) is 0 Å². The Kier molecular flexibility index (Phi) is 6.28. The van der Waals surface area contributed by atoms with E-state index in [1.807, 2.05) is 60.6 Å². The summed E-state index contributed by atoms with van der Waals surface area (Å²) in [6.07, 6.45) is 2.16. The summed E-state index contributed by atoms with van der Waals surface area (Å²) < 4.78 is 5.42. The Bertz CT molecular complexity index is 867. The van der Waals surface area contributed by atoms with Crippen LogP contribution in [0.4, 0.5) is 0 Å². The molecule has 7 heteroatoms. The number of hydrogen-bond acceptors (Lipinski definition) is 6. The lowest BCUT2D eigenvalue weighted by Gasteiger charge is -2.28. The minimum Gasteiger partial charge on any atom is -0.507 e. The summed E-state index contributed by atoms with van der Waals surface area (Å²) in [6, 6.07) is 3.67. The number of benzene rings is 1. The van der Waals surface area contributed by atoms with E-state index in [-0.39, 0.29) is 26.7 Å². The Morgan fingerprint density at radius 2 is 1.64 bits per heavy atom. The van der Waals surface area contributed by atoms with Crippen molar-refractivity contribution < 1.29 is 19.4 Å². The molecule has 0 atom stereocenters. The van der Waals surface area contributed by atoms with Crippen molar-refractivity contribution in [1.29, 1.82) is 0 Å². The molecular weight excluding hydrogens is 376 g/mol. The van der Waals surface area contributed by atoms with E-state index in [4.69, 9.17) is 4.42 Å². The molecule has 2 N–H and O–H groups in total. The maximum Gasteiger partial charge on any atom is 0.342 e. The van der Waals surface area contributed by atoms with E-state index < -0.39 is 5.97 Å². The second-order valence-electron chi connectivity index (χ2n) is 8.70. The van der Waals surface area contributed by atoms with Gasteiger partial charge in [-0.1, -0.05) is 48.5 Å². The molecule has 0 aliphatic heterocycles. The molecule has 2 rings (SSSR count). The topological polar surface area (TPSA) is 96.5 Å². The Morgan fingerprint density at radius 1 is 1.11 bits per heavy atom. The molecule has 28 heavy (non-hydrogen) atoms. The summed E-state index contributed by atoms with van der Waals surface area (Å²) in [6.45, 7) is 14.0. The number of aromatic hydroxyl groups is 1. The SMILES string of the molecule is CCc1nnc(S/C(=C\c2cc(C(C)(C)C)c(O)c(C(C)(C)C)c2)C(=O)O)o1. The standard InChI is InChI=1S/C21H28N2O4S/c1-8-16-22-23-19(27-16)28-15(18(25)26)11-12-9-13(20(2,3)4)17(24)14(10-12)21(5,6)7/h9-11,24H,8H2,1-7H3,(H,25,26)/b15-11-. The van der Waals surface area contributed by atoms with Gasteiger partial charge in [-0.3, -0.25) is 0 Å². The largest absolute Gasteiger partial charge is 0.507 e. The van der Waals surface area contributed by atoms with E-state index >= 15 is 0 Å². The van der Waals surface area contributed by atoms with Crippen molar-refractivity contribution in [3.8, 4) is 5.75 Å². The fourth-order valence-electron chi connectivity index (χ4n) is 2.69. The molecular formula is C21H28N2O4S. The molecule has 0 radical (unpaired) electrons. The van der Waals surface area contributed by atoms with Gasteiger partial charge in [0.1, 0.15) is 10.7 Å². The molecule has 0 aliphatic rings. The van der Waals surface area contributed by atoms with E-state index in [0.717, 1.165) is 22.9 Å². The minimum atomic E-state index is -1.08. The van der Waals surface area contributed by atoms with Crippen LogP contribution in [0.15, 0.2) is 26.7 Å². The molecule has 1 aromatic heterocycles. The lowest BCUT2D eigenvalue weighted by molar-refractivity contribution is -0.131. The van der Waals surface area contributed by atoms with Gasteiger partial charge in [0.15, 0.2) is 0 Å². The molecule has 0 saturated heterocycles. The van der Waals surface area contributed by atoms with E-state index in [9.17, 15) is 15.0 Å². The van der Waals surface area contributed by atoms with Crippen LogP contribution in [0.2, 0.25) is 0 Å². The Balaban J connectivity index is 2.57. The van der Waals surface area contributed by atoms with Crippen LogP contribution < -0.4 is 0 Å². The molecule has 0 unspecified atom stereocenters. The fraction of sp³-hybridized carbons (Fsp3) is 0.476. The first-order valence-electron chi connectivity index (χ1n) is 9.16. The van der Waals surface area contributed by atoms with E-state index in [1.165, 1.54) is 0 Å². The smallest absolute Gasteiger partial charge is 0.342 e. The average molecular weight is 405 g/mol. The molecule has 6 nitrogen and oxygen atoms in total. The van der Waals surface area contributed by atoms with Gasteiger partial charge in [0.25, 0.3) is 5.22 Å². The lowest BCUT2D eigenvalue weighted by atomic mass is 9.78. The molecule has 1 heterocycles. The number of thioether (sulfide) groups is 1. The Hall–Kier alpha value is -2.28. The predicted molar refractivity (Wildman–Crippen MR) is 111 cm³/mol. The van der Waals surface area contributed by atoms with Crippen LogP contribution in [-0.2, 0) is 22.0 Å². The third-order valence-electron chi connectivity index (χ3n) is 4.20. The van der Waals surface area contributed by atoms with Crippen LogP contribution in [0.5, 0.6) is 5.75 Å². The Labute approximate surface area is 170 Å². The molecule has 152 valence electrons. The zero-order chi connectivity index (χ0) is 21.3. The summed E-state index contributed by atoms with van der Waals surface area (Å²) >= 11 is 0.918. The lowest BCUT2D eigenvalue weighted by Crippen LogP contribution is -2.17. The molecule has 0 spiro atoms. The number of hydrogen-bond donors (Lipinski definition) is 2. The third-order valence-corrected chi connectivity index (χ3v) is 5.06. The second-order valence-corrected chi connectivity index (χ2v) is 9.69. The first-order valence-corrected chi connectivity index (χ1v) is 9.97. The van der Waals surface area contributed by atoms with Gasteiger partial charge in [0.2, 0.25) is 5.89 Å². The van der Waals surface area contributed by atoms with Crippen molar-refractivity contribution in [2.45, 2.75) is 70.9 Å². The second kappa shape index (κ2) is 7.99. The van der Waals surface area contributed by atoms with Gasteiger partial charge in [-0.25, -0.2) is 4.79 Å². The van der Waals surface area contributed by atoms with Crippen LogP contribution in [0, 0.1) is 0 Å². The van der Waals surface area contributed by atoms with Crippen LogP contribution in [-0.4, -0.2) is 26.4 Å².